The average molecular weight is 242 g/mol. The Morgan fingerprint density at radius 2 is 1.72 bits per heavy atom. The molecule has 2 aromatic rings. The standard InChI is InChI=1S/C16H22N2/c1-4-13(17)11-12-9-10-16(18(2)3)15-8-6-5-7-14(12)15/h5-10,13H,4,11,17H2,1-3H3. The smallest absolute Gasteiger partial charge is 0.0440 e. The highest BCUT2D eigenvalue weighted by molar-refractivity contribution is 5.96. The molecule has 2 nitrogen and oxygen atoms in total. The third-order valence-corrected chi connectivity index (χ3v) is 3.48. The van der Waals surface area contributed by atoms with E-state index in [9.17, 15) is 0 Å². The molecule has 2 heteroatoms. The summed E-state index contributed by atoms with van der Waals surface area (Å²) in [6.07, 6.45) is 1.97. The minimum absolute atomic E-state index is 0.249. The van der Waals surface area contributed by atoms with Gasteiger partial charge in [0, 0.05) is 31.2 Å². The van der Waals surface area contributed by atoms with Crippen molar-refractivity contribution in [2.45, 2.75) is 25.8 Å². The summed E-state index contributed by atoms with van der Waals surface area (Å²) in [6.45, 7) is 2.14. The lowest BCUT2D eigenvalue weighted by Gasteiger charge is -2.18. The molecule has 0 saturated carbocycles. The van der Waals surface area contributed by atoms with Crippen LogP contribution in [-0.2, 0) is 6.42 Å². The third kappa shape index (κ3) is 2.49. The van der Waals surface area contributed by atoms with Crippen molar-refractivity contribution in [1.29, 1.82) is 0 Å². The SMILES string of the molecule is CCC(N)Cc1ccc(N(C)C)c2ccccc12. The van der Waals surface area contributed by atoms with Gasteiger partial charge in [-0.05, 0) is 29.9 Å². The van der Waals surface area contributed by atoms with Gasteiger partial charge in [-0.2, -0.15) is 0 Å². The van der Waals surface area contributed by atoms with Crippen LogP contribution in [0.3, 0.4) is 0 Å². The van der Waals surface area contributed by atoms with E-state index in [1.165, 1.54) is 22.0 Å². The Hall–Kier alpha value is -1.54. The second-order valence-electron chi connectivity index (χ2n) is 5.06. The lowest BCUT2D eigenvalue weighted by atomic mass is 9.97. The molecule has 2 aromatic carbocycles. The van der Waals surface area contributed by atoms with Crippen LogP contribution < -0.4 is 10.6 Å². The summed E-state index contributed by atoms with van der Waals surface area (Å²) in [5, 5.41) is 2.64. The molecule has 0 spiro atoms. The van der Waals surface area contributed by atoms with Crippen molar-refractivity contribution in [1.82, 2.24) is 0 Å². The maximum atomic E-state index is 6.08. The summed E-state index contributed by atoms with van der Waals surface area (Å²) in [7, 11) is 4.17. The number of nitrogens with zero attached hydrogens (tertiary/aromatic N) is 1. The van der Waals surface area contributed by atoms with E-state index in [2.05, 4.69) is 62.3 Å². The van der Waals surface area contributed by atoms with E-state index < -0.39 is 0 Å². The quantitative estimate of drug-likeness (QED) is 0.892. The molecule has 0 fully saturated rings. The van der Waals surface area contributed by atoms with E-state index in [4.69, 9.17) is 5.73 Å². The van der Waals surface area contributed by atoms with Crippen molar-refractivity contribution in [3.8, 4) is 0 Å². The molecule has 0 heterocycles. The second kappa shape index (κ2) is 5.40. The first kappa shape index (κ1) is 12.9. The summed E-state index contributed by atoms with van der Waals surface area (Å²) in [6, 6.07) is 13.2. The van der Waals surface area contributed by atoms with Gasteiger partial charge in [-0.1, -0.05) is 37.3 Å². The fourth-order valence-corrected chi connectivity index (χ4v) is 2.34. The number of hydrogen-bond donors (Lipinski definition) is 1. The fourth-order valence-electron chi connectivity index (χ4n) is 2.34. The Balaban J connectivity index is 2.54. The summed E-state index contributed by atoms with van der Waals surface area (Å²) in [5.74, 6) is 0. The molecule has 0 bridgehead atoms. The zero-order valence-corrected chi connectivity index (χ0v) is 11.5. The van der Waals surface area contributed by atoms with Crippen LogP contribution in [0.15, 0.2) is 36.4 Å². The van der Waals surface area contributed by atoms with Crippen LogP contribution >= 0.6 is 0 Å². The van der Waals surface area contributed by atoms with Crippen molar-refractivity contribution in [2.24, 2.45) is 5.73 Å². The average Bonchev–Trinajstić information content (AvgIpc) is 2.38. The van der Waals surface area contributed by atoms with Crippen molar-refractivity contribution in [3.63, 3.8) is 0 Å². The van der Waals surface area contributed by atoms with Gasteiger partial charge in [0.25, 0.3) is 0 Å². The van der Waals surface area contributed by atoms with Crippen LogP contribution in [-0.4, -0.2) is 20.1 Å². The Kier molecular flexibility index (Phi) is 3.87. The summed E-state index contributed by atoms with van der Waals surface area (Å²) in [5.41, 5.74) is 8.70. The summed E-state index contributed by atoms with van der Waals surface area (Å²) >= 11 is 0. The minimum atomic E-state index is 0.249. The molecule has 2 N–H and O–H groups in total. The molecular formula is C16H22N2. The van der Waals surface area contributed by atoms with E-state index in [1.54, 1.807) is 0 Å². The molecule has 1 atom stereocenters. The minimum Gasteiger partial charge on any atom is -0.377 e. The Bertz CT molecular complexity index is 532. The first-order valence-electron chi connectivity index (χ1n) is 6.57. The maximum absolute atomic E-state index is 6.08. The number of fused-ring (bicyclic) bond motifs is 1. The molecule has 18 heavy (non-hydrogen) atoms. The molecule has 1 unspecified atom stereocenters. The number of benzene rings is 2. The fraction of sp³-hybridized carbons (Fsp3) is 0.375. The largest absolute Gasteiger partial charge is 0.377 e. The highest BCUT2D eigenvalue weighted by atomic mass is 15.1. The monoisotopic (exact) mass is 242 g/mol. The van der Waals surface area contributed by atoms with Crippen LogP contribution in [0.5, 0.6) is 0 Å². The van der Waals surface area contributed by atoms with Gasteiger partial charge in [0.15, 0.2) is 0 Å². The van der Waals surface area contributed by atoms with Gasteiger partial charge in [0.2, 0.25) is 0 Å². The highest BCUT2D eigenvalue weighted by Gasteiger charge is 2.09. The normalized spacial score (nSPS) is 12.7. The van der Waals surface area contributed by atoms with Crippen molar-refractivity contribution >= 4 is 16.5 Å². The van der Waals surface area contributed by atoms with Gasteiger partial charge in [-0.15, -0.1) is 0 Å². The van der Waals surface area contributed by atoms with Gasteiger partial charge >= 0.3 is 0 Å². The van der Waals surface area contributed by atoms with E-state index in [1.807, 2.05) is 0 Å². The van der Waals surface area contributed by atoms with Gasteiger partial charge in [-0.25, -0.2) is 0 Å². The van der Waals surface area contributed by atoms with Gasteiger partial charge < -0.3 is 10.6 Å². The first-order chi connectivity index (χ1) is 8.63. The zero-order chi connectivity index (χ0) is 13.1. The van der Waals surface area contributed by atoms with Crippen molar-refractivity contribution < 1.29 is 0 Å². The van der Waals surface area contributed by atoms with E-state index in [0.717, 1.165) is 12.8 Å². The van der Waals surface area contributed by atoms with Crippen LogP contribution in [0, 0.1) is 0 Å². The Morgan fingerprint density at radius 1 is 1.06 bits per heavy atom. The predicted molar refractivity (Wildman–Crippen MR) is 80.2 cm³/mol. The molecule has 2 rings (SSSR count). The van der Waals surface area contributed by atoms with Crippen LogP contribution in [0.4, 0.5) is 5.69 Å². The van der Waals surface area contributed by atoms with Crippen LogP contribution in [0.2, 0.25) is 0 Å². The number of hydrogen-bond acceptors (Lipinski definition) is 2. The lowest BCUT2D eigenvalue weighted by Crippen LogP contribution is -2.21. The zero-order valence-electron chi connectivity index (χ0n) is 11.5. The van der Waals surface area contributed by atoms with Crippen molar-refractivity contribution in [3.05, 3.63) is 42.0 Å². The third-order valence-electron chi connectivity index (χ3n) is 3.48. The molecule has 96 valence electrons. The number of rotatable bonds is 4. The number of anilines is 1. The van der Waals surface area contributed by atoms with Crippen molar-refractivity contribution in [2.75, 3.05) is 19.0 Å². The van der Waals surface area contributed by atoms with E-state index in [-0.39, 0.29) is 6.04 Å². The topological polar surface area (TPSA) is 29.3 Å². The molecule has 0 saturated heterocycles. The molecule has 0 aliphatic carbocycles. The molecular weight excluding hydrogens is 220 g/mol. The van der Waals surface area contributed by atoms with E-state index in [0.29, 0.717) is 0 Å². The Morgan fingerprint density at radius 3 is 2.33 bits per heavy atom. The molecule has 0 aromatic heterocycles. The lowest BCUT2D eigenvalue weighted by molar-refractivity contribution is 0.649. The Labute approximate surface area is 109 Å². The van der Waals surface area contributed by atoms with E-state index >= 15 is 0 Å². The molecule has 0 radical (unpaired) electrons. The van der Waals surface area contributed by atoms with Gasteiger partial charge in [0.05, 0.1) is 0 Å². The highest BCUT2D eigenvalue weighted by Crippen LogP contribution is 2.29. The van der Waals surface area contributed by atoms with Gasteiger partial charge in [-0.3, -0.25) is 0 Å². The van der Waals surface area contributed by atoms with Crippen LogP contribution in [0.25, 0.3) is 10.8 Å². The summed E-state index contributed by atoms with van der Waals surface area (Å²) in [4.78, 5) is 2.16. The second-order valence-corrected chi connectivity index (χ2v) is 5.06. The molecule has 0 amide bonds. The predicted octanol–water partition coefficient (Wildman–Crippen LogP) is 3.19. The molecule has 0 aliphatic heterocycles. The first-order valence-corrected chi connectivity index (χ1v) is 6.57. The maximum Gasteiger partial charge on any atom is 0.0440 e. The summed E-state index contributed by atoms with van der Waals surface area (Å²) < 4.78 is 0. The van der Waals surface area contributed by atoms with Crippen LogP contribution in [0.1, 0.15) is 18.9 Å². The van der Waals surface area contributed by atoms with Gasteiger partial charge in [0.1, 0.15) is 0 Å². The molecule has 0 aliphatic rings. The number of nitrogens with two attached hydrogens (primary N) is 1.